The van der Waals surface area contributed by atoms with E-state index in [4.69, 9.17) is 5.11 Å². The van der Waals surface area contributed by atoms with Crippen molar-refractivity contribution in [2.45, 2.75) is 19.1 Å². The van der Waals surface area contributed by atoms with E-state index in [1.807, 2.05) is 0 Å². The first-order chi connectivity index (χ1) is 8.35. The Morgan fingerprint density at radius 2 is 2.22 bits per heavy atom. The predicted molar refractivity (Wildman–Crippen MR) is 56.7 cm³/mol. The lowest BCUT2D eigenvalue weighted by Gasteiger charge is -2.26. The van der Waals surface area contributed by atoms with Crippen LogP contribution >= 0.6 is 0 Å². The number of hydrogen-bond donors (Lipinski definition) is 1. The van der Waals surface area contributed by atoms with Crippen molar-refractivity contribution in [1.82, 2.24) is 14.7 Å². The number of rotatable bonds is 5. The number of aliphatic hydroxyl groups excluding tert-OH is 1. The van der Waals surface area contributed by atoms with Crippen molar-refractivity contribution < 1.29 is 23.1 Å². The summed E-state index contributed by atoms with van der Waals surface area (Å²) in [6, 6.07) is 0.734. The zero-order valence-corrected chi connectivity index (χ0v) is 9.76. The van der Waals surface area contributed by atoms with Crippen LogP contribution in [0.3, 0.4) is 0 Å². The van der Waals surface area contributed by atoms with E-state index in [9.17, 15) is 18.0 Å². The number of aromatic nitrogens is 2. The zero-order chi connectivity index (χ0) is 13.8. The highest BCUT2D eigenvalue weighted by Crippen LogP contribution is 2.18. The van der Waals surface area contributed by atoms with E-state index in [1.165, 1.54) is 24.0 Å². The van der Waals surface area contributed by atoms with Crippen molar-refractivity contribution in [3.8, 4) is 0 Å². The second kappa shape index (κ2) is 5.85. The van der Waals surface area contributed by atoms with Gasteiger partial charge in [0.15, 0.2) is 0 Å². The maximum absolute atomic E-state index is 12.3. The average molecular weight is 265 g/mol. The van der Waals surface area contributed by atoms with Crippen LogP contribution in [0.1, 0.15) is 13.0 Å². The fraction of sp³-hybridized carbons (Fsp3) is 0.600. The summed E-state index contributed by atoms with van der Waals surface area (Å²) >= 11 is 0. The first-order valence-electron chi connectivity index (χ1n) is 5.30. The van der Waals surface area contributed by atoms with Gasteiger partial charge in [-0.25, -0.2) is 0 Å². The van der Waals surface area contributed by atoms with E-state index >= 15 is 0 Å². The number of halogens is 3. The van der Waals surface area contributed by atoms with Gasteiger partial charge < -0.3 is 10.0 Å². The van der Waals surface area contributed by atoms with Crippen molar-refractivity contribution >= 4 is 5.91 Å². The van der Waals surface area contributed by atoms with Gasteiger partial charge in [-0.2, -0.15) is 18.3 Å². The second-order valence-electron chi connectivity index (χ2n) is 3.76. The summed E-state index contributed by atoms with van der Waals surface area (Å²) in [5, 5.41) is 12.5. The Kier molecular flexibility index (Phi) is 4.71. The molecule has 0 bridgehead atoms. The standard InChI is InChI=1S/C10H14F3N3O2/c1-8(16-4-2-3-14-16)9(18)15(5-6-17)7-10(11,12)13/h2-4,8,17H,5-7H2,1H3. The number of amides is 1. The van der Waals surface area contributed by atoms with Crippen LogP contribution in [0, 0.1) is 0 Å². The van der Waals surface area contributed by atoms with E-state index in [-0.39, 0.29) is 6.54 Å². The van der Waals surface area contributed by atoms with Crippen molar-refractivity contribution in [2.24, 2.45) is 0 Å². The minimum atomic E-state index is -4.49. The molecule has 0 aliphatic heterocycles. The fourth-order valence-electron chi connectivity index (χ4n) is 1.49. The molecule has 0 aliphatic rings. The predicted octanol–water partition coefficient (Wildman–Crippen LogP) is 0.827. The number of carbonyl (C=O) groups excluding carboxylic acids is 1. The van der Waals surface area contributed by atoms with E-state index in [0.717, 1.165) is 0 Å². The van der Waals surface area contributed by atoms with Crippen LogP contribution in [-0.2, 0) is 4.79 Å². The minimum absolute atomic E-state index is 0.357. The Morgan fingerprint density at radius 1 is 1.56 bits per heavy atom. The van der Waals surface area contributed by atoms with Gasteiger partial charge in [-0.1, -0.05) is 0 Å². The minimum Gasteiger partial charge on any atom is -0.395 e. The summed E-state index contributed by atoms with van der Waals surface area (Å²) < 4.78 is 38.2. The molecule has 102 valence electrons. The Balaban J connectivity index is 2.76. The molecule has 1 rings (SSSR count). The zero-order valence-electron chi connectivity index (χ0n) is 9.76. The molecule has 1 aromatic heterocycles. The molecule has 1 atom stereocenters. The topological polar surface area (TPSA) is 58.4 Å². The van der Waals surface area contributed by atoms with Gasteiger partial charge in [0.2, 0.25) is 5.91 Å². The molecule has 0 aliphatic carbocycles. The molecule has 0 saturated heterocycles. The quantitative estimate of drug-likeness (QED) is 0.857. The Hall–Kier alpha value is -1.57. The highest BCUT2D eigenvalue weighted by molar-refractivity contribution is 5.80. The molecular formula is C10H14F3N3O2. The highest BCUT2D eigenvalue weighted by Gasteiger charge is 2.34. The van der Waals surface area contributed by atoms with Crippen molar-refractivity contribution in [3.63, 3.8) is 0 Å². The van der Waals surface area contributed by atoms with Crippen LogP contribution in [0.15, 0.2) is 18.5 Å². The summed E-state index contributed by atoms with van der Waals surface area (Å²) in [6.07, 6.45) is -1.56. The lowest BCUT2D eigenvalue weighted by Crippen LogP contribution is -2.43. The molecule has 0 aromatic carbocycles. The largest absolute Gasteiger partial charge is 0.406 e. The third kappa shape index (κ3) is 4.02. The van der Waals surface area contributed by atoms with Gasteiger partial charge in [-0.3, -0.25) is 9.48 Å². The Labute approximate surface area is 102 Å². The number of hydrogen-bond acceptors (Lipinski definition) is 3. The molecular weight excluding hydrogens is 251 g/mol. The van der Waals surface area contributed by atoms with Crippen molar-refractivity contribution in [3.05, 3.63) is 18.5 Å². The SMILES string of the molecule is CC(C(=O)N(CCO)CC(F)(F)F)n1cccn1. The number of nitrogens with zero attached hydrogens (tertiary/aromatic N) is 3. The van der Waals surface area contributed by atoms with Crippen LogP contribution in [-0.4, -0.2) is 51.6 Å². The third-order valence-corrected chi connectivity index (χ3v) is 2.33. The first kappa shape index (κ1) is 14.5. The second-order valence-corrected chi connectivity index (χ2v) is 3.76. The molecule has 18 heavy (non-hydrogen) atoms. The number of alkyl halides is 3. The van der Waals surface area contributed by atoms with Crippen molar-refractivity contribution in [2.75, 3.05) is 19.7 Å². The highest BCUT2D eigenvalue weighted by atomic mass is 19.4. The molecule has 1 aromatic rings. The summed E-state index contributed by atoms with van der Waals surface area (Å²) in [7, 11) is 0. The van der Waals surface area contributed by atoms with Crippen LogP contribution in [0.5, 0.6) is 0 Å². The lowest BCUT2D eigenvalue weighted by atomic mass is 10.3. The molecule has 5 nitrogen and oxygen atoms in total. The van der Waals surface area contributed by atoms with E-state index in [0.29, 0.717) is 4.90 Å². The monoisotopic (exact) mass is 265 g/mol. The molecule has 1 amide bonds. The lowest BCUT2D eigenvalue weighted by molar-refractivity contribution is -0.164. The van der Waals surface area contributed by atoms with Gasteiger partial charge in [0.05, 0.1) is 6.61 Å². The third-order valence-electron chi connectivity index (χ3n) is 2.33. The molecule has 8 heteroatoms. The smallest absolute Gasteiger partial charge is 0.395 e. The number of carbonyl (C=O) groups is 1. The maximum atomic E-state index is 12.3. The molecule has 0 saturated carbocycles. The van der Waals surface area contributed by atoms with Gasteiger partial charge in [0, 0.05) is 18.9 Å². The Bertz CT molecular complexity index is 378. The van der Waals surface area contributed by atoms with E-state index in [2.05, 4.69) is 5.10 Å². The van der Waals surface area contributed by atoms with Crippen LogP contribution in [0.25, 0.3) is 0 Å². The molecule has 1 heterocycles. The van der Waals surface area contributed by atoms with Crippen LogP contribution < -0.4 is 0 Å². The molecule has 0 spiro atoms. The molecule has 1 unspecified atom stereocenters. The maximum Gasteiger partial charge on any atom is 0.406 e. The van der Waals surface area contributed by atoms with E-state index in [1.54, 1.807) is 6.07 Å². The first-order valence-corrected chi connectivity index (χ1v) is 5.30. The average Bonchev–Trinajstić information content (AvgIpc) is 2.78. The normalized spacial score (nSPS) is 13.4. The summed E-state index contributed by atoms with van der Waals surface area (Å²) in [5.74, 6) is -0.731. The molecule has 1 N–H and O–H groups in total. The van der Waals surface area contributed by atoms with Gasteiger partial charge in [0.25, 0.3) is 0 Å². The van der Waals surface area contributed by atoms with Gasteiger partial charge in [-0.15, -0.1) is 0 Å². The number of aliphatic hydroxyl groups is 1. The van der Waals surface area contributed by atoms with Crippen LogP contribution in [0.4, 0.5) is 13.2 Å². The molecule has 0 fully saturated rings. The van der Waals surface area contributed by atoms with Gasteiger partial charge in [-0.05, 0) is 13.0 Å². The molecule has 0 radical (unpaired) electrons. The Morgan fingerprint density at radius 3 is 2.67 bits per heavy atom. The summed E-state index contributed by atoms with van der Waals surface area (Å²) in [5.41, 5.74) is 0. The summed E-state index contributed by atoms with van der Waals surface area (Å²) in [4.78, 5) is 12.4. The van der Waals surface area contributed by atoms with E-state index < -0.39 is 31.3 Å². The van der Waals surface area contributed by atoms with Crippen molar-refractivity contribution in [1.29, 1.82) is 0 Å². The van der Waals surface area contributed by atoms with Crippen LogP contribution in [0.2, 0.25) is 0 Å². The summed E-state index contributed by atoms with van der Waals surface area (Å²) in [6.45, 7) is -0.800. The van der Waals surface area contributed by atoms with Gasteiger partial charge >= 0.3 is 6.18 Å². The fourth-order valence-corrected chi connectivity index (χ4v) is 1.49. The van der Waals surface area contributed by atoms with Gasteiger partial charge in [0.1, 0.15) is 12.6 Å².